The number of anilines is 1. The summed E-state index contributed by atoms with van der Waals surface area (Å²) in [6.07, 6.45) is 0. The maximum absolute atomic E-state index is 12.2. The van der Waals surface area contributed by atoms with Crippen molar-refractivity contribution in [2.45, 2.75) is 33.7 Å². The fourth-order valence-electron chi connectivity index (χ4n) is 2.60. The number of hydrogen-bond donors (Lipinski definition) is 2. The molecule has 2 rings (SSSR count). The minimum atomic E-state index is 0.0430. The Morgan fingerprint density at radius 1 is 1.35 bits per heavy atom. The Bertz CT molecular complexity index is 474. The Morgan fingerprint density at radius 3 is 2.55 bits per heavy atom. The molecule has 0 saturated carbocycles. The van der Waals surface area contributed by atoms with Gasteiger partial charge in [-0.3, -0.25) is 14.4 Å². The summed E-state index contributed by atoms with van der Waals surface area (Å²) in [6, 6.07) is 0.299. The zero-order valence-electron chi connectivity index (χ0n) is 12.9. The van der Waals surface area contributed by atoms with Crippen LogP contribution >= 0.6 is 0 Å². The summed E-state index contributed by atoms with van der Waals surface area (Å²) in [5, 5.41) is 10.8. The van der Waals surface area contributed by atoms with E-state index < -0.39 is 0 Å². The molecule has 0 aromatic carbocycles. The van der Waals surface area contributed by atoms with Crippen molar-refractivity contribution in [1.82, 2.24) is 20.0 Å². The van der Waals surface area contributed by atoms with Gasteiger partial charge in [0, 0.05) is 32.2 Å². The van der Waals surface area contributed by atoms with E-state index in [4.69, 9.17) is 0 Å². The number of nitrogens with zero attached hydrogens (tertiary/aromatic N) is 3. The summed E-state index contributed by atoms with van der Waals surface area (Å²) in [7, 11) is 0. The summed E-state index contributed by atoms with van der Waals surface area (Å²) in [5.74, 6) is 0.0430. The van der Waals surface area contributed by atoms with Crippen molar-refractivity contribution in [3.8, 4) is 0 Å². The highest BCUT2D eigenvalue weighted by Crippen LogP contribution is 2.22. The molecule has 0 atom stereocenters. The van der Waals surface area contributed by atoms with Gasteiger partial charge in [0.1, 0.15) is 0 Å². The molecule has 20 heavy (non-hydrogen) atoms. The highest BCUT2D eigenvalue weighted by atomic mass is 16.2. The smallest absolute Gasteiger partial charge is 0.238 e. The lowest BCUT2D eigenvalue weighted by molar-refractivity contribution is -0.117. The van der Waals surface area contributed by atoms with Crippen molar-refractivity contribution >= 4 is 11.6 Å². The molecule has 0 unspecified atom stereocenters. The van der Waals surface area contributed by atoms with Crippen molar-refractivity contribution in [2.24, 2.45) is 0 Å². The van der Waals surface area contributed by atoms with Crippen molar-refractivity contribution < 1.29 is 4.79 Å². The van der Waals surface area contributed by atoms with Gasteiger partial charge in [-0.1, -0.05) is 0 Å². The minimum absolute atomic E-state index is 0.0430. The van der Waals surface area contributed by atoms with Gasteiger partial charge in [0.25, 0.3) is 0 Å². The summed E-state index contributed by atoms with van der Waals surface area (Å²) >= 11 is 0. The molecule has 2 heterocycles. The molecular weight excluding hydrogens is 254 g/mol. The summed E-state index contributed by atoms with van der Waals surface area (Å²) < 4.78 is 1.95. The van der Waals surface area contributed by atoms with Gasteiger partial charge in [-0.15, -0.1) is 0 Å². The third-order valence-corrected chi connectivity index (χ3v) is 3.66. The van der Waals surface area contributed by atoms with Gasteiger partial charge in [-0.2, -0.15) is 5.10 Å². The van der Waals surface area contributed by atoms with Crippen LogP contribution in [-0.4, -0.2) is 53.3 Å². The van der Waals surface area contributed by atoms with E-state index in [0.29, 0.717) is 12.6 Å². The highest BCUT2D eigenvalue weighted by molar-refractivity contribution is 5.93. The van der Waals surface area contributed by atoms with Gasteiger partial charge in [0.15, 0.2) is 0 Å². The monoisotopic (exact) mass is 279 g/mol. The first kappa shape index (κ1) is 15.0. The highest BCUT2D eigenvalue weighted by Gasteiger charge is 2.18. The first-order valence-corrected chi connectivity index (χ1v) is 7.27. The lowest BCUT2D eigenvalue weighted by Crippen LogP contribution is -2.46. The molecule has 0 spiro atoms. The Labute approximate surface area is 120 Å². The number of amides is 1. The van der Waals surface area contributed by atoms with Gasteiger partial charge in [0.2, 0.25) is 5.91 Å². The van der Waals surface area contributed by atoms with Gasteiger partial charge < -0.3 is 10.6 Å². The zero-order chi connectivity index (χ0) is 14.7. The van der Waals surface area contributed by atoms with E-state index in [1.807, 2.05) is 18.5 Å². The van der Waals surface area contributed by atoms with E-state index in [2.05, 4.69) is 34.5 Å². The van der Waals surface area contributed by atoms with Crippen LogP contribution in [0.2, 0.25) is 0 Å². The normalized spacial score (nSPS) is 16.6. The minimum Gasteiger partial charge on any atom is -0.322 e. The summed E-state index contributed by atoms with van der Waals surface area (Å²) in [5.41, 5.74) is 2.76. The molecule has 6 nitrogen and oxygen atoms in total. The van der Waals surface area contributed by atoms with E-state index in [1.54, 1.807) is 0 Å². The quantitative estimate of drug-likeness (QED) is 0.860. The fraction of sp³-hybridized carbons (Fsp3) is 0.714. The lowest BCUT2D eigenvalue weighted by atomic mass is 10.3. The molecule has 1 aromatic heterocycles. The van der Waals surface area contributed by atoms with Crippen LogP contribution in [0.4, 0.5) is 5.69 Å². The maximum atomic E-state index is 12.2. The molecule has 1 aromatic rings. The van der Waals surface area contributed by atoms with Crippen molar-refractivity contribution in [3.63, 3.8) is 0 Å². The summed E-state index contributed by atoms with van der Waals surface area (Å²) in [4.78, 5) is 14.3. The van der Waals surface area contributed by atoms with Crippen LogP contribution in [0, 0.1) is 13.8 Å². The molecule has 1 aliphatic rings. The first-order valence-electron chi connectivity index (χ1n) is 7.27. The van der Waals surface area contributed by atoms with E-state index in [-0.39, 0.29) is 5.91 Å². The second-order valence-corrected chi connectivity index (χ2v) is 5.66. The van der Waals surface area contributed by atoms with Crippen LogP contribution in [0.25, 0.3) is 0 Å². The van der Waals surface area contributed by atoms with Gasteiger partial charge in [0.05, 0.1) is 23.6 Å². The predicted molar refractivity (Wildman–Crippen MR) is 80.0 cm³/mol. The van der Waals surface area contributed by atoms with Crippen molar-refractivity contribution in [3.05, 3.63) is 11.4 Å². The second kappa shape index (κ2) is 6.37. The third kappa shape index (κ3) is 3.37. The largest absolute Gasteiger partial charge is 0.322 e. The molecule has 1 saturated heterocycles. The number of nitrogens with one attached hydrogen (secondary N) is 2. The molecule has 0 bridgehead atoms. The van der Waals surface area contributed by atoms with Gasteiger partial charge in [-0.25, -0.2) is 0 Å². The molecule has 1 fully saturated rings. The Balaban J connectivity index is 2.00. The van der Waals surface area contributed by atoms with E-state index in [0.717, 1.165) is 43.3 Å². The number of rotatable bonds is 4. The molecule has 0 aliphatic carbocycles. The average molecular weight is 279 g/mol. The Kier molecular flexibility index (Phi) is 4.77. The van der Waals surface area contributed by atoms with Crippen LogP contribution in [0.1, 0.15) is 31.3 Å². The average Bonchev–Trinajstić information content (AvgIpc) is 2.68. The Hall–Kier alpha value is -1.40. The van der Waals surface area contributed by atoms with Crippen LogP contribution in [-0.2, 0) is 4.79 Å². The number of carbonyl (C=O) groups is 1. The second-order valence-electron chi connectivity index (χ2n) is 5.66. The molecule has 112 valence electrons. The lowest BCUT2D eigenvalue weighted by Gasteiger charge is -2.26. The number of carbonyl (C=O) groups excluding carboxylic acids is 1. The number of hydrogen-bond acceptors (Lipinski definition) is 4. The number of aryl methyl sites for hydroxylation is 1. The van der Waals surface area contributed by atoms with Crippen LogP contribution in [0.3, 0.4) is 0 Å². The van der Waals surface area contributed by atoms with E-state index in [1.165, 1.54) is 0 Å². The standard InChI is InChI=1S/C14H25N5O/c1-10(2)19-12(4)14(11(3)17-19)16-13(20)9-18-7-5-15-6-8-18/h10,15H,5-9H2,1-4H3,(H,16,20). The molecular formula is C14H25N5O. The molecule has 1 amide bonds. The molecule has 2 N–H and O–H groups in total. The molecule has 1 aliphatic heterocycles. The SMILES string of the molecule is Cc1nn(C(C)C)c(C)c1NC(=O)CN1CCNCC1. The zero-order valence-corrected chi connectivity index (χ0v) is 12.9. The van der Waals surface area contributed by atoms with Crippen LogP contribution < -0.4 is 10.6 Å². The van der Waals surface area contributed by atoms with Gasteiger partial charge >= 0.3 is 0 Å². The van der Waals surface area contributed by atoms with Crippen LogP contribution in [0.15, 0.2) is 0 Å². The van der Waals surface area contributed by atoms with Gasteiger partial charge in [-0.05, 0) is 27.7 Å². The van der Waals surface area contributed by atoms with E-state index in [9.17, 15) is 4.79 Å². The maximum Gasteiger partial charge on any atom is 0.238 e. The number of piperazine rings is 1. The molecule has 6 heteroatoms. The number of aromatic nitrogens is 2. The third-order valence-electron chi connectivity index (χ3n) is 3.66. The van der Waals surface area contributed by atoms with E-state index >= 15 is 0 Å². The first-order chi connectivity index (χ1) is 9.49. The van der Waals surface area contributed by atoms with Crippen molar-refractivity contribution in [1.29, 1.82) is 0 Å². The fourth-order valence-corrected chi connectivity index (χ4v) is 2.60. The predicted octanol–water partition coefficient (Wildman–Crippen LogP) is 0.925. The van der Waals surface area contributed by atoms with Crippen LogP contribution in [0.5, 0.6) is 0 Å². The topological polar surface area (TPSA) is 62.2 Å². The Morgan fingerprint density at radius 2 is 2.00 bits per heavy atom. The summed E-state index contributed by atoms with van der Waals surface area (Å²) in [6.45, 7) is 12.3. The molecule has 0 radical (unpaired) electrons. The van der Waals surface area contributed by atoms with Crippen molar-refractivity contribution in [2.75, 3.05) is 38.0 Å².